The number of aromatic nitrogens is 1. The van der Waals surface area contributed by atoms with E-state index in [1.165, 1.54) is 0 Å². The van der Waals surface area contributed by atoms with Crippen LogP contribution >= 0.6 is 0 Å². The smallest absolute Gasteiger partial charge is 0.272 e. The summed E-state index contributed by atoms with van der Waals surface area (Å²) in [5.41, 5.74) is 0.389. The Morgan fingerprint density at radius 1 is 1.16 bits per heavy atom. The highest BCUT2D eigenvalue weighted by Crippen LogP contribution is 2.28. The van der Waals surface area contributed by atoms with Crippen LogP contribution in [0.4, 0.5) is 0 Å². The van der Waals surface area contributed by atoms with Crippen LogP contribution in [0.25, 0.3) is 0 Å². The summed E-state index contributed by atoms with van der Waals surface area (Å²) < 4.78 is 5.78. The fraction of sp³-hybridized carbons (Fsp3) is 0.400. The van der Waals surface area contributed by atoms with Crippen LogP contribution in [-0.4, -0.2) is 40.6 Å². The molecule has 0 saturated heterocycles. The van der Waals surface area contributed by atoms with E-state index < -0.39 is 0 Å². The Balaban J connectivity index is 1.66. The summed E-state index contributed by atoms with van der Waals surface area (Å²) in [7, 11) is 1.83. The van der Waals surface area contributed by atoms with Crippen LogP contribution in [0.1, 0.15) is 36.2 Å². The van der Waals surface area contributed by atoms with Crippen molar-refractivity contribution in [1.82, 2.24) is 9.88 Å². The highest BCUT2D eigenvalue weighted by Gasteiger charge is 2.27. The van der Waals surface area contributed by atoms with Crippen molar-refractivity contribution in [3.63, 3.8) is 0 Å². The van der Waals surface area contributed by atoms with Crippen molar-refractivity contribution >= 4 is 5.91 Å². The molecule has 0 atom stereocenters. The number of para-hydroxylation sites is 1. The molecule has 0 radical (unpaired) electrons. The Bertz CT molecular complexity index is 697. The van der Waals surface area contributed by atoms with E-state index in [1.807, 2.05) is 37.4 Å². The molecule has 0 aliphatic heterocycles. The molecule has 2 aromatic rings. The lowest BCUT2D eigenvalue weighted by molar-refractivity contribution is 0.0646. The van der Waals surface area contributed by atoms with Gasteiger partial charge in [0.15, 0.2) is 0 Å². The van der Waals surface area contributed by atoms with Crippen LogP contribution in [0.3, 0.4) is 0 Å². The predicted octanol–water partition coefficient (Wildman–Crippen LogP) is 3.50. The van der Waals surface area contributed by atoms with E-state index >= 15 is 0 Å². The van der Waals surface area contributed by atoms with Crippen LogP contribution in [-0.2, 0) is 0 Å². The predicted molar refractivity (Wildman–Crippen MR) is 95.7 cm³/mol. The molecule has 5 heteroatoms. The van der Waals surface area contributed by atoms with E-state index in [2.05, 4.69) is 4.98 Å². The van der Waals surface area contributed by atoms with Crippen molar-refractivity contribution in [3.8, 4) is 11.5 Å². The Morgan fingerprint density at radius 3 is 2.56 bits per heavy atom. The summed E-state index contributed by atoms with van der Waals surface area (Å²) in [6.45, 7) is 0.241. The molecule has 1 fully saturated rings. The van der Waals surface area contributed by atoms with Gasteiger partial charge < -0.3 is 14.7 Å². The average molecular weight is 340 g/mol. The number of hydrogen-bond donors (Lipinski definition) is 1. The molecular weight excluding hydrogens is 316 g/mol. The van der Waals surface area contributed by atoms with Gasteiger partial charge in [0.05, 0.1) is 0 Å². The number of rotatable bonds is 5. The molecular formula is C20H24N2O3. The van der Waals surface area contributed by atoms with Gasteiger partial charge in [0.2, 0.25) is 0 Å². The summed E-state index contributed by atoms with van der Waals surface area (Å²) in [6, 6.07) is 13.1. The van der Waals surface area contributed by atoms with Gasteiger partial charge in [0.25, 0.3) is 5.91 Å². The first-order valence-corrected chi connectivity index (χ1v) is 8.74. The number of carbonyl (C=O) groups excluding carboxylic acids is 1. The van der Waals surface area contributed by atoms with Gasteiger partial charge in [0.1, 0.15) is 17.2 Å². The average Bonchev–Trinajstić information content (AvgIpc) is 2.68. The number of ether oxygens (including phenoxy) is 1. The second-order valence-corrected chi connectivity index (χ2v) is 6.57. The van der Waals surface area contributed by atoms with Gasteiger partial charge in [-0.05, 0) is 49.8 Å². The number of aliphatic hydroxyl groups excluding tert-OH is 1. The molecule has 0 bridgehead atoms. The van der Waals surface area contributed by atoms with Gasteiger partial charge in [-0.25, -0.2) is 0 Å². The van der Waals surface area contributed by atoms with Crippen molar-refractivity contribution in [2.24, 2.45) is 5.92 Å². The summed E-state index contributed by atoms with van der Waals surface area (Å²) >= 11 is 0. The monoisotopic (exact) mass is 340 g/mol. The van der Waals surface area contributed by atoms with Gasteiger partial charge in [-0.2, -0.15) is 0 Å². The highest BCUT2D eigenvalue weighted by atomic mass is 16.5. The number of nitrogens with zero attached hydrogens (tertiary/aromatic N) is 2. The first kappa shape index (κ1) is 17.4. The third-order valence-corrected chi connectivity index (χ3v) is 4.87. The fourth-order valence-corrected chi connectivity index (χ4v) is 3.28. The Morgan fingerprint density at radius 2 is 1.88 bits per heavy atom. The summed E-state index contributed by atoms with van der Waals surface area (Å²) in [4.78, 5) is 18.8. The molecule has 1 saturated carbocycles. The van der Waals surface area contributed by atoms with Gasteiger partial charge in [0, 0.05) is 32.0 Å². The number of aliphatic hydroxyl groups is 1. The van der Waals surface area contributed by atoms with Crippen molar-refractivity contribution < 1.29 is 14.6 Å². The van der Waals surface area contributed by atoms with Crippen LogP contribution in [0.2, 0.25) is 0 Å². The lowest BCUT2D eigenvalue weighted by Gasteiger charge is -2.34. The number of hydrogen-bond acceptors (Lipinski definition) is 4. The maximum Gasteiger partial charge on any atom is 0.272 e. The van der Waals surface area contributed by atoms with Crippen molar-refractivity contribution in [2.75, 3.05) is 13.7 Å². The van der Waals surface area contributed by atoms with Gasteiger partial charge in [-0.3, -0.25) is 9.78 Å². The summed E-state index contributed by atoms with van der Waals surface area (Å²) in [5.74, 6) is 1.61. The standard InChI is InChI=1S/C20H24N2O3/c1-22(16-9-7-15(14-23)8-10-16)20(24)19-13-18(11-12-21-19)25-17-5-3-2-4-6-17/h2-6,11-13,15-16,23H,7-10,14H2,1H3. The zero-order valence-electron chi connectivity index (χ0n) is 14.5. The van der Waals surface area contributed by atoms with Crippen LogP contribution in [0.15, 0.2) is 48.7 Å². The van der Waals surface area contributed by atoms with Crippen molar-refractivity contribution in [2.45, 2.75) is 31.7 Å². The quantitative estimate of drug-likeness (QED) is 0.905. The largest absolute Gasteiger partial charge is 0.457 e. The molecule has 1 aromatic heterocycles. The zero-order valence-corrected chi connectivity index (χ0v) is 14.5. The molecule has 3 rings (SSSR count). The molecule has 1 aliphatic rings. The van der Waals surface area contributed by atoms with E-state index in [9.17, 15) is 9.90 Å². The summed E-state index contributed by atoms with van der Waals surface area (Å²) in [6.07, 6.45) is 5.37. The number of benzene rings is 1. The van der Waals surface area contributed by atoms with E-state index in [-0.39, 0.29) is 18.6 Å². The molecule has 1 N–H and O–H groups in total. The molecule has 1 aliphatic carbocycles. The maximum absolute atomic E-state index is 12.8. The lowest BCUT2D eigenvalue weighted by atomic mass is 9.86. The van der Waals surface area contributed by atoms with E-state index in [0.29, 0.717) is 17.4 Å². The summed E-state index contributed by atoms with van der Waals surface area (Å²) in [5, 5.41) is 9.25. The zero-order chi connectivity index (χ0) is 17.6. The normalized spacial score (nSPS) is 20.1. The molecule has 132 valence electrons. The lowest BCUT2D eigenvalue weighted by Crippen LogP contribution is -2.40. The SMILES string of the molecule is CN(C(=O)c1cc(Oc2ccccc2)ccn1)C1CCC(CO)CC1. The van der Waals surface area contributed by atoms with Gasteiger partial charge >= 0.3 is 0 Å². The first-order valence-electron chi connectivity index (χ1n) is 8.74. The molecule has 0 unspecified atom stereocenters. The molecule has 1 aromatic carbocycles. The highest BCUT2D eigenvalue weighted by molar-refractivity contribution is 5.92. The molecule has 0 spiro atoms. The number of carbonyl (C=O) groups is 1. The third kappa shape index (κ3) is 4.37. The second kappa shape index (κ2) is 8.12. The van der Waals surface area contributed by atoms with E-state index in [1.54, 1.807) is 23.2 Å². The molecule has 25 heavy (non-hydrogen) atoms. The number of amides is 1. The van der Waals surface area contributed by atoms with Crippen LogP contribution in [0.5, 0.6) is 11.5 Å². The van der Waals surface area contributed by atoms with Crippen molar-refractivity contribution in [3.05, 3.63) is 54.4 Å². The Hall–Kier alpha value is -2.40. The molecule has 1 heterocycles. The van der Waals surface area contributed by atoms with E-state index in [0.717, 1.165) is 31.4 Å². The van der Waals surface area contributed by atoms with Crippen LogP contribution < -0.4 is 4.74 Å². The minimum absolute atomic E-state index is 0.0917. The third-order valence-electron chi connectivity index (χ3n) is 4.87. The van der Waals surface area contributed by atoms with Crippen molar-refractivity contribution in [1.29, 1.82) is 0 Å². The van der Waals surface area contributed by atoms with Gasteiger partial charge in [-0.15, -0.1) is 0 Å². The number of pyridine rings is 1. The topological polar surface area (TPSA) is 62.7 Å². The molecule has 1 amide bonds. The Kier molecular flexibility index (Phi) is 5.66. The second-order valence-electron chi connectivity index (χ2n) is 6.57. The van der Waals surface area contributed by atoms with Gasteiger partial charge in [-0.1, -0.05) is 18.2 Å². The molecule has 5 nitrogen and oxygen atoms in total. The van der Waals surface area contributed by atoms with Crippen LogP contribution in [0, 0.1) is 5.92 Å². The Labute approximate surface area is 148 Å². The van der Waals surface area contributed by atoms with E-state index in [4.69, 9.17) is 4.74 Å². The first-order chi connectivity index (χ1) is 12.2. The maximum atomic E-state index is 12.8. The minimum atomic E-state index is -0.0917. The fourth-order valence-electron chi connectivity index (χ4n) is 3.28. The minimum Gasteiger partial charge on any atom is -0.457 e.